The standard InChI is InChI=1S/C21H21BrFN5O/c1-13-19(14(2)28(3)27-13)12-24-21(25-18-9-7-16(22)8-10-18)26-20(29)15-5-4-6-17(23)11-15/h4-11H,12H2,1-3H3,(H2,24,25,26,29). The van der Waals surface area contributed by atoms with Crippen LogP contribution >= 0.6 is 15.9 Å². The minimum Gasteiger partial charge on any atom is -0.326 e. The zero-order valence-corrected chi connectivity index (χ0v) is 17.9. The molecule has 0 spiro atoms. The Balaban J connectivity index is 1.86. The summed E-state index contributed by atoms with van der Waals surface area (Å²) in [6.45, 7) is 4.23. The van der Waals surface area contributed by atoms with Crippen molar-refractivity contribution < 1.29 is 9.18 Å². The molecule has 2 aromatic carbocycles. The van der Waals surface area contributed by atoms with E-state index in [2.05, 4.69) is 36.7 Å². The number of carbonyl (C=O) groups excluding carboxylic acids is 1. The van der Waals surface area contributed by atoms with Gasteiger partial charge in [-0.1, -0.05) is 22.0 Å². The number of rotatable bonds is 4. The summed E-state index contributed by atoms with van der Waals surface area (Å²) in [5, 5.41) is 10.2. The lowest BCUT2D eigenvalue weighted by molar-refractivity contribution is 0.0976. The molecule has 29 heavy (non-hydrogen) atoms. The molecular weight excluding hydrogens is 437 g/mol. The number of anilines is 1. The summed E-state index contributed by atoms with van der Waals surface area (Å²) in [6, 6.07) is 13.0. The van der Waals surface area contributed by atoms with Gasteiger partial charge in [0.2, 0.25) is 5.96 Å². The van der Waals surface area contributed by atoms with E-state index in [1.165, 1.54) is 18.2 Å². The number of carbonyl (C=O) groups is 1. The van der Waals surface area contributed by atoms with Crippen LogP contribution in [-0.4, -0.2) is 21.6 Å². The monoisotopic (exact) mass is 457 g/mol. The molecule has 8 heteroatoms. The molecule has 2 N–H and O–H groups in total. The van der Waals surface area contributed by atoms with E-state index in [1.807, 2.05) is 45.2 Å². The number of guanidine groups is 1. The lowest BCUT2D eigenvalue weighted by atomic mass is 10.2. The van der Waals surface area contributed by atoms with Gasteiger partial charge >= 0.3 is 0 Å². The van der Waals surface area contributed by atoms with Gasteiger partial charge in [-0.2, -0.15) is 5.10 Å². The van der Waals surface area contributed by atoms with Gasteiger partial charge in [-0.25, -0.2) is 9.38 Å². The average molecular weight is 458 g/mol. The van der Waals surface area contributed by atoms with Crippen LogP contribution in [0.5, 0.6) is 0 Å². The maximum Gasteiger partial charge on any atom is 0.258 e. The smallest absolute Gasteiger partial charge is 0.258 e. The Kier molecular flexibility index (Phi) is 6.43. The summed E-state index contributed by atoms with van der Waals surface area (Å²) < 4.78 is 16.2. The molecule has 3 rings (SSSR count). The van der Waals surface area contributed by atoms with Gasteiger partial charge in [0, 0.05) is 34.0 Å². The molecule has 0 unspecified atom stereocenters. The van der Waals surface area contributed by atoms with E-state index in [4.69, 9.17) is 0 Å². The Morgan fingerprint density at radius 3 is 2.55 bits per heavy atom. The number of aryl methyl sites for hydroxylation is 2. The van der Waals surface area contributed by atoms with Crippen LogP contribution < -0.4 is 10.6 Å². The van der Waals surface area contributed by atoms with Gasteiger partial charge in [-0.15, -0.1) is 0 Å². The fourth-order valence-corrected chi connectivity index (χ4v) is 3.06. The fraction of sp³-hybridized carbons (Fsp3) is 0.190. The molecular formula is C21H21BrFN5O. The SMILES string of the molecule is Cc1nn(C)c(C)c1CN=C(NC(=O)c1cccc(F)c1)Nc1ccc(Br)cc1. The molecule has 3 aromatic rings. The predicted molar refractivity (Wildman–Crippen MR) is 115 cm³/mol. The summed E-state index contributed by atoms with van der Waals surface area (Å²) >= 11 is 3.40. The number of benzene rings is 2. The van der Waals surface area contributed by atoms with E-state index in [-0.39, 0.29) is 11.5 Å². The molecule has 0 aliphatic heterocycles. The summed E-state index contributed by atoms with van der Waals surface area (Å²) in [7, 11) is 1.88. The maximum absolute atomic E-state index is 13.5. The number of aliphatic imine (C=N–C) groups is 1. The number of aromatic nitrogens is 2. The molecule has 0 bridgehead atoms. The molecule has 0 saturated carbocycles. The van der Waals surface area contributed by atoms with E-state index < -0.39 is 11.7 Å². The highest BCUT2D eigenvalue weighted by molar-refractivity contribution is 9.10. The number of halogens is 2. The van der Waals surface area contributed by atoms with Gasteiger partial charge in [0.15, 0.2) is 0 Å². The van der Waals surface area contributed by atoms with Crippen molar-refractivity contribution in [3.63, 3.8) is 0 Å². The topological polar surface area (TPSA) is 71.3 Å². The molecule has 0 aliphatic rings. The number of nitrogens with one attached hydrogen (secondary N) is 2. The summed E-state index contributed by atoms with van der Waals surface area (Å²) in [5.41, 5.74) is 3.84. The van der Waals surface area contributed by atoms with Crippen LogP contribution in [0.3, 0.4) is 0 Å². The van der Waals surface area contributed by atoms with E-state index in [0.29, 0.717) is 6.54 Å². The van der Waals surface area contributed by atoms with Crippen molar-refractivity contribution in [2.24, 2.45) is 12.0 Å². The average Bonchev–Trinajstić information content (AvgIpc) is 2.93. The maximum atomic E-state index is 13.5. The van der Waals surface area contributed by atoms with Crippen molar-refractivity contribution in [2.45, 2.75) is 20.4 Å². The van der Waals surface area contributed by atoms with Crippen LogP contribution in [0.1, 0.15) is 27.3 Å². The largest absolute Gasteiger partial charge is 0.326 e. The molecule has 150 valence electrons. The van der Waals surface area contributed by atoms with Crippen molar-refractivity contribution in [3.8, 4) is 0 Å². The fourth-order valence-electron chi connectivity index (χ4n) is 2.79. The van der Waals surface area contributed by atoms with Crippen molar-refractivity contribution in [1.82, 2.24) is 15.1 Å². The second-order valence-corrected chi connectivity index (χ2v) is 7.45. The quantitative estimate of drug-likeness (QED) is 0.452. The number of amides is 1. The first-order valence-electron chi connectivity index (χ1n) is 8.96. The Bertz CT molecular complexity index is 1060. The zero-order chi connectivity index (χ0) is 21.0. The van der Waals surface area contributed by atoms with Crippen LogP contribution in [-0.2, 0) is 13.6 Å². The normalized spacial score (nSPS) is 11.4. The Morgan fingerprint density at radius 2 is 1.93 bits per heavy atom. The van der Waals surface area contributed by atoms with Crippen LogP contribution in [0.15, 0.2) is 58.0 Å². The van der Waals surface area contributed by atoms with Crippen LogP contribution in [0.25, 0.3) is 0 Å². The zero-order valence-electron chi connectivity index (χ0n) is 16.3. The predicted octanol–water partition coefficient (Wildman–Crippen LogP) is 4.34. The highest BCUT2D eigenvalue weighted by atomic mass is 79.9. The minimum atomic E-state index is -0.474. The van der Waals surface area contributed by atoms with Gasteiger partial charge in [-0.3, -0.25) is 14.8 Å². The molecule has 1 aromatic heterocycles. The number of hydrogen-bond acceptors (Lipinski definition) is 3. The third kappa shape index (κ3) is 5.29. The van der Waals surface area contributed by atoms with E-state index in [1.54, 1.807) is 10.7 Å². The molecule has 1 amide bonds. The van der Waals surface area contributed by atoms with E-state index in [0.717, 1.165) is 27.1 Å². The number of nitrogens with zero attached hydrogens (tertiary/aromatic N) is 3. The van der Waals surface area contributed by atoms with Gasteiger partial charge in [0.05, 0.1) is 12.2 Å². The Morgan fingerprint density at radius 1 is 1.21 bits per heavy atom. The van der Waals surface area contributed by atoms with Crippen molar-refractivity contribution in [1.29, 1.82) is 0 Å². The van der Waals surface area contributed by atoms with Crippen molar-refractivity contribution in [3.05, 3.63) is 81.3 Å². The summed E-state index contributed by atoms with van der Waals surface area (Å²) in [5.74, 6) is -0.657. The van der Waals surface area contributed by atoms with Crippen molar-refractivity contribution in [2.75, 3.05) is 5.32 Å². The lowest BCUT2D eigenvalue weighted by Gasteiger charge is -2.12. The first-order chi connectivity index (χ1) is 13.8. The first kappa shape index (κ1) is 20.7. The second-order valence-electron chi connectivity index (χ2n) is 6.53. The molecule has 6 nitrogen and oxygen atoms in total. The van der Waals surface area contributed by atoms with Crippen molar-refractivity contribution >= 4 is 33.5 Å². The highest BCUT2D eigenvalue weighted by Gasteiger charge is 2.13. The molecule has 0 aliphatic carbocycles. The second kappa shape index (κ2) is 9.00. The van der Waals surface area contributed by atoms with Gasteiger partial charge in [-0.05, 0) is 56.3 Å². The minimum absolute atomic E-state index is 0.212. The van der Waals surface area contributed by atoms with Gasteiger partial charge in [0.25, 0.3) is 5.91 Å². The highest BCUT2D eigenvalue weighted by Crippen LogP contribution is 2.16. The molecule has 1 heterocycles. The van der Waals surface area contributed by atoms with E-state index >= 15 is 0 Å². The molecule has 0 atom stereocenters. The molecule has 0 saturated heterocycles. The summed E-state index contributed by atoms with van der Waals surface area (Å²) in [6.07, 6.45) is 0. The lowest BCUT2D eigenvalue weighted by Crippen LogP contribution is -2.36. The van der Waals surface area contributed by atoms with E-state index in [9.17, 15) is 9.18 Å². The molecule has 0 fully saturated rings. The van der Waals surface area contributed by atoms with Crippen LogP contribution in [0.4, 0.5) is 10.1 Å². The van der Waals surface area contributed by atoms with Gasteiger partial charge in [0.1, 0.15) is 5.82 Å². The Hall–Kier alpha value is -3.00. The van der Waals surface area contributed by atoms with Crippen LogP contribution in [0.2, 0.25) is 0 Å². The first-order valence-corrected chi connectivity index (χ1v) is 9.76. The third-order valence-electron chi connectivity index (χ3n) is 4.48. The number of hydrogen-bond donors (Lipinski definition) is 2. The molecule has 0 radical (unpaired) electrons. The van der Waals surface area contributed by atoms with Gasteiger partial charge < -0.3 is 5.32 Å². The third-order valence-corrected chi connectivity index (χ3v) is 5.01. The Labute approximate surface area is 177 Å². The van der Waals surface area contributed by atoms with Crippen LogP contribution in [0, 0.1) is 19.7 Å². The summed E-state index contributed by atoms with van der Waals surface area (Å²) in [4.78, 5) is 17.1.